The van der Waals surface area contributed by atoms with Crippen LogP contribution in [0.1, 0.15) is 37.9 Å². The molecule has 0 unspecified atom stereocenters. The highest BCUT2D eigenvalue weighted by molar-refractivity contribution is 6.30. The minimum atomic E-state index is -0.0523. The number of nitrogens with zero attached hydrogens (tertiary/aromatic N) is 6. The summed E-state index contributed by atoms with van der Waals surface area (Å²) in [5, 5.41) is 14.8. The molecule has 0 aliphatic carbocycles. The maximum absolute atomic E-state index is 13.0. The molecule has 0 fully saturated rings. The Hall–Kier alpha value is -3.26. The Labute approximate surface area is 184 Å². The largest absolute Gasteiger partial charge is 0.329 e. The van der Waals surface area contributed by atoms with Crippen LogP contribution >= 0.6 is 11.6 Å². The Morgan fingerprint density at radius 1 is 1.06 bits per heavy atom. The van der Waals surface area contributed by atoms with Gasteiger partial charge in [-0.25, -0.2) is 4.79 Å². The van der Waals surface area contributed by atoms with Gasteiger partial charge in [0.05, 0.1) is 17.9 Å². The zero-order valence-electron chi connectivity index (χ0n) is 17.5. The third-order valence-corrected chi connectivity index (χ3v) is 5.58. The van der Waals surface area contributed by atoms with E-state index in [2.05, 4.69) is 32.5 Å². The highest BCUT2D eigenvalue weighted by Crippen LogP contribution is 2.28. The van der Waals surface area contributed by atoms with Gasteiger partial charge in [0.1, 0.15) is 5.15 Å². The van der Waals surface area contributed by atoms with Crippen molar-refractivity contribution in [2.24, 2.45) is 0 Å². The lowest BCUT2D eigenvalue weighted by Crippen LogP contribution is -2.25. The maximum atomic E-state index is 13.0. The predicted octanol–water partition coefficient (Wildman–Crippen LogP) is 3.96. The molecule has 0 amide bonds. The fourth-order valence-corrected chi connectivity index (χ4v) is 4.06. The number of aromatic nitrogens is 7. The molecule has 3 heterocycles. The summed E-state index contributed by atoms with van der Waals surface area (Å²) in [5.74, 6) is 0.495. The smallest absolute Gasteiger partial charge is 0.290 e. The third-order valence-electron chi connectivity index (χ3n) is 5.16. The molecule has 1 N–H and O–H groups in total. The first-order valence-corrected chi connectivity index (χ1v) is 10.8. The maximum Gasteiger partial charge on any atom is 0.329 e. The van der Waals surface area contributed by atoms with Gasteiger partial charge in [-0.15, -0.1) is 10.2 Å². The number of nitrogens with one attached hydrogen (secondary N) is 1. The number of imidazole rings is 1. The van der Waals surface area contributed by atoms with E-state index in [1.807, 2.05) is 43.3 Å². The average Bonchev–Trinajstić information content (AvgIpc) is 3.40. The number of hydrogen-bond donors (Lipinski definition) is 1. The Kier molecular flexibility index (Phi) is 6.27. The number of rotatable bonds is 8. The highest BCUT2D eigenvalue weighted by Gasteiger charge is 2.18. The average molecular weight is 438 g/mol. The van der Waals surface area contributed by atoms with E-state index in [4.69, 9.17) is 11.6 Å². The van der Waals surface area contributed by atoms with Crippen LogP contribution in [0.3, 0.4) is 0 Å². The Bertz CT molecular complexity index is 1210. The van der Waals surface area contributed by atoms with E-state index in [-0.39, 0.29) is 5.69 Å². The highest BCUT2D eigenvalue weighted by atomic mass is 35.5. The normalized spacial score (nSPS) is 11.2. The minimum absolute atomic E-state index is 0.0523. The molecule has 0 spiro atoms. The molecule has 0 saturated carbocycles. The summed E-state index contributed by atoms with van der Waals surface area (Å²) < 4.78 is 3.47. The first kappa shape index (κ1) is 21.0. The van der Waals surface area contributed by atoms with Gasteiger partial charge in [-0.05, 0) is 35.8 Å². The predicted molar refractivity (Wildman–Crippen MR) is 120 cm³/mol. The monoisotopic (exact) mass is 437 g/mol. The summed E-state index contributed by atoms with van der Waals surface area (Å²) in [6, 6.07) is 11.8. The lowest BCUT2D eigenvalue weighted by Gasteiger charge is -2.09. The van der Waals surface area contributed by atoms with E-state index in [1.165, 1.54) is 0 Å². The zero-order chi connectivity index (χ0) is 21.8. The quantitative estimate of drug-likeness (QED) is 0.450. The molecular weight excluding hydrogens is 414 g/mol. The standard InChI is InChI=1S/C22H24ClN7O/c1-3-6-18-20(23)29(13-4-2)22(31)30(18)14-15-8-10-16(11-9-15)19-17(7-5-12-24-19)21-25-27-28-26-21/h5,7-12H,3-4,6,13-14H2,1-2H3,(H,25,26,27,28). The molecule has 1 aromatic carbocycles. The number of halogens is 1. The van der Waals surface area contributed by atoms with E-state index in [1.54, 1.807) is 15.3 Å². The second kappa shape index (κ2) is 9.26. The fraction of sp³-hybridized carbons (Fsp3) is 0.318. The van der Waals surface area contributed by atoms with Crippen molar-refractivity contribution in [3.05, 3.63) is 69.5 Å². The lowest BCUT2D eigenvalue weighted by molar-refractivity contribution is 0.619. The molecule has 0 atom stereocenters. The second-order valence-electron chi connectivity index (χ2n) is 7.34. The van der Waals surface area contributed by atoms with E-state index < -0.39 is 0 Å². The number of hydrogen-bond acceptors (Lipinski definition) is 5. The van der Waals surface area contributed by atoms with Crippen LogP contribution < -0.4 is 5.69 Å². The third kappa shape index (κ3) is 4.16. The van der Waals surface area contributed by atoms with E-state index >= 15 is 0 Å². The molecule has 4 rings (SSSR count). The molecule has 9 heteroatoms. The molecule has 31 heavy (non-hydrogen) atoms. The van der Waals surface area contributed by atoms with Crippen LogP contribution in [0.5, 0.6) is 0 Å². The second-order valence-corrected chi connectivity index (χ2v) is 7.70. The van der Waals surface area contributed by atoms with Crippen molar-refractivity contribution in [3.63, 3.8) is 0 Å². The molecule has 0 saturated heterocycles. The Morgan fingerprint density at radius 3 is 2.55 bits per heavy atom. The van der Waals surface area contributed by atoms with Gasteiger partial charge in [0.15, 0.2) is 0 Å². The molecule has 3 aromatic heterocycles. The molecule has 8 nitrogen and oxygen atoms in total. The first-order valence-electron chi connectivity index (χ1n) is 10.4. The first-order chi connectivity index (χ1) is 15.1. The van der Waals surface area contributed by atoms with Crippen molar-refractivity contribution < 1.29 is 0 Å². The van der Waals surface area contributed by atoms with E-state index in [0.717, 1.165) is 47.3 Å². The number of benzene rings is 1. The number of tetrazole rings is 1. The number of aromatic amines is 1. The minimum Gasteiger partial charge on any atom is -0.290 e. The fourth-order valence-electron chi connectivity index (χ4n) is 3.71. The van der Waals surface area contributed by atoms with Gasteiger partial charge in [-0.3, -0.25) is 14.1 Å². The van der Waals surface area contributed by atoms with Crippen LogP contribution in [0, 0.1) is 0 Å². The summed E-state index contributed by atoms with van der Waals surface area (Å²) in [5.41, 5.74) is 4.38. The van der Waals surface area contributed by atoms with Gasteiger partial charge in [0.25, 0.3) is 0 Å². The lowest BCUT2D eigenvalue weighted by atomic mass is 10.0. The topological polar surface area (TPSA) is 94.3 Å². The zero-order valence-corrected chi connectivity index (χ0v) is 18.3. The molecule has 0 radical (unpaired) electrons. The summed E-state index contributed by atoms with van der Waals surface area (Å²) in [7, 11) is 0. The van der Waals surface area contributed by atoms with Crippen molar-refractivity contribution in [1.82, 2.24) is 34.7 Å². The van der Waals surface area contributed by atoms with Crippen molar-refractivity contribution >= 4 is 11.6 Å². The van der Waals surface area contributed by atoms with Crippen LogP contribution in [-0.4, -0.2) is 34.7 Å². The van der Waals surface area contributed by atoms with Crippen LogP contribution in [0.25, 0.3) is 22.6 Å². The van der Waals surface area contributed by atoms with Crippen molar-refractivity contribution in [3.8, 4) is 22.6 Å². The van der Waals surface area contributed by atoms with Gasteiger partial charge in [-0.1, -0.05) is 56.1 Å². The van der Waals surface area contributed by atoms with Crippen molar-refractivity contribution in [2.75, 3.05) is 0 Å². The van der Waals surface area contributed by atoms with Crippen LogP contribution in [0.2, 0.25) is 5.15 Å². The molecule has 0 aliphatic heterocycles. The SMILES string of the molecule is CCCc1c(Cl)n(CCC)c(=O)n1Cc1ccc(-c2ncccc2-c2nn[nH]n2)cc1. The Morgan fingerprint density at radius 2 is 1.87 bits per heavy atom. The molecule has 160 valence electrons. The van der Waals surface area contributed by atoms with Crippen molar-refractivity contribution in [1.29, 1.82) is 0 Å². The molecule has 0 aliphatic rings. The Balaban J connectivity index is 1.66. The molecular formula is C22H24ClN7O. The molecule has 4 aromatic rings. The summed E-state index contributed by atoms with van der Waals surface area (Å²) in [6.07, 6.45) is 4.29. The van der Waals surface area contributed by atoms with Crippen LogP contribution in [-0.2, 0) is 19.5 Å². The van der Waals surface area contributed by atoms with Gasteiger partial charge < -0.3 is 0 Å². The van der Waals surface area contributed by atoms with E-state index in [9.17, 15) is 4.79 Å². The van der Waals surface area contributed by atoms with Gasteiger partial charge in [-0.2, -0.15) is 5.21 Å². The summed E-state index contributed by atoms with van der Waals surface area (Å²) in [4.78, 5) is 17.5. The van der Waals surface area contributed by atoms with Gasteiger partial charge >= 0.3 is 5.69 Å². The van der Waals surface area contributed by atoms with Crippen LogP contribution in [0.15, 0.2) is 47.4 Å². The molecule has 0 bridgehead atoms. The number of pyridine rings is 1. The van der Waals surface area contributed by atoms with Crippen LogP contribution in [0.4, 0.5) is 0 Å². The van der Waals surface area contributed by atoms with Gasteiger partial charge in [0, 0.05) is 23.9 Å². The summed E-state index contributed by atoms with van der Waals surface area (Å²) >= 11 is 6.54. The van der Waals surface area contributed by atoms with Gasteiger partial charge in [0.2, 0.25) is 5.82 Å². The van der Waals surface area contributed by atoms with E-state index in [0.29, 0.717) is 24.1 Å². The number of H-pyrrole nitrogens is 1. The summed E-state index contributed by atoms with van der Waals surface area (Å²) in [6.45, 7) is 5.23. The van der Waals surface area contributed by atoms with Crippen molar-refractivity contribution in [2.45, 2.75) is 46.2 Å².